The molecule has 0 aromatic heterocycles. The van der Waals surface area contributed by atoms with Crippen molar-refractivity contribution in [3.63, 3.8) is 0 Å². The summed E-state index contributed by atoms with van der Waals surface area (Å²) in [4.78, 5) is -0.451. The molecule has 0 amide bonds. The van der Waals surface area contributed by atoms with Crippen LogP contribution in [0, 0.1) is 7.14 Å². The van der Waals surface area contributed by atoms with Crippen LogP contribution in [0.5, 0.6) is 0 Å². The Morgan fingerprint density at radius 3 is 1.05 bits per heavy atom. The third-order valence-corrected chi connectivity index (χ3v) is 9.10. The molecule has 0 radical (unpaired) electrons. The van der Waals surface area contributed by atoms with E-state index in [-0.39, 0.29) is 9.79 Å². The van der Waals surface area contributed by atoms with E-state index in [1.807, 2.05) is 45.2 Å². The zero-order chi connectivity index (χ0) is 15.0. The number of benzene rings is 2. The average Bonchev–Trinajstić information content (AvgIpc) is 2.39. The molecule has 2 aromatic carbocycles. The zero-order valence-corrected chi connectivity index (χ0v) is 15.8. The van der Waals surface area contributed by atoms with Crippen molar-refractivity contribution in [3.05, 3.63) is 55.7 Å². The van der Waals surface area contributed by atoms with Crippen LogP contribution >= 0.6 is 45.2 Å². The Hall–Kier alpha value is -0.200. The fourth-order valence-corrected chi connectivity index (χ4v) is 5.81. The lowest BCUT2D eigenvalue weighted by molar-refractivity contribution is 0.582. The summed E-state index contributed by atoms with van der Waals surface area (Å²) in [6.45, 7) is 0. The average molecular weight is 534 g/mol. The Morgan fingerprint density at radius 2 is 0.800 bits per heavy atom. The number of hydrogen-bond donors (Lipinski definition) is 0. The normalized spacial score (nSPS) is 12.3. The minimum Gasteiger partial charge on any atom is -0.207 e. The second-order valence-corrected chi connectivity index (χ2v) is 11.7. The van der Waals surface area contributed by atoms with E-state index in [1.165, 1.54) is 24.3 Å². The molecule has 2 rings (SSSR count). The fraction of sp³-hybridized carbons (Fsp3) is 0. The first kappa shape index (κ1) is 16.2. The summed E-state index contributed by atoms with van der Waals surface area (Å²) in [7, 11) is -8.91. The standard InChI is InChI=1S/C12H8I2O4S2/c13-9-1-5-11(6-2-9)19(15,16)20(17,18)12-7-3-10(14)4-8-12/h1-8H. The van der Waals surface area contributed by atoms with E-state index < -0.39 is 17.7 Å². The van der Waals surface area contributed by atoms with E-state index in [4.69, 9.17) is 0 Å². The maximum absolute atomic E-state index is 12.3. The molecule has 0 saturated carbocycles. The maximum Gasteiger partial charge on any atom is 0.286 e. The second kappa shape index (κ2) is 5.89. The molecule has 0 bridgehead atoms. The SMILES string of the molecule is O=S(=O)(c1ccc(I)cc1)S(=O)(=O)c1ccc(I)cc1. The van der Waals surface area contributed by atoms with Gasteiger partial charge in [-0.25, -0.2) is 16.8 Å². The van der Waals surface area contributed by atoms with Crippen LogP contribution in [0.1, 0.15) is 0 Å². The van der Waals surface area contributed by atoms with E-state index in [0.717, 1.165) is 7.14 Å². The third-order valence-electron chi connectivity index (χ3n) is 2.49. The molecular weight excluding hydrogens is 526 g/mol. The monoisotopic (exact) mass is 534 g/mol. The van der Waals surface area contributed by atoms with Crippen LogP contribution in [-0.4, -0.2) is 16.8 Å². The summed E-state index contributed by atoms with van der Waals surface area (Å²) in [6.07, 6.45) is 0. The molecule has 0 unspecified atom stereocenters. The lowest BCUT2D eigenvalue weighted by atomic mass is 10.4. The molecule has 0 aliphatic heterocycles. The molecule has 4 nitrogen and oxygen atoms in total. The van der Waals surface area contributed by atoms with Gasteiger partial charge in [-0.2, -0.15) is 0 Å². The van der Waals surface area contributed by atoms with Crippen molar-refractivity contribution in [2.45, 2.75) is 9.79 Å². The summed E-state index contributed by atoms with van der Waals surface area (Å²) in [6, 6.07) is 11.4. The summed E-state index contributed by atoms with van der Waals surface area (Å²) in [5.74, 6) is 0. The molecule has 106 valence electrons. The molecule has 0 atom stereocenters. The van der Waals surface area contributed by atoms with Crippen LogP contribution in [0.3, 0.4) is 0 Å². The molecule has 0 saturated heterocycles. The van der Waals surface area contributed by atoms with Crippen molar-refractivity contribution < 1.29 is 16.8 Å². The number of hydrogen-bond acceptors (Lipinski definition) is 4. The lowest BCUT2D eigenvalue weighted by Crippen LogP contribution is -2.16. The highest BCUT2D eigenvalue weighted by molar-refractivity contribution is 14.1. The number of halogens is 2. The molecule has 0 spiro atoms. The van der Waals surface area contributed by atoms with Crippen molar-refractivity contribution >= 4 is 62.9 Å². The van der Waals surface area contributed by atoms with E-state index in [0.29, 0.717) is 0 Å². The van der Waals surface area contributed by atoms with Gasteiger partial charge < -0.3 is 0 Å². The largest absolute Gasteiger partial charge is 0.286 e. The van der Waals surface area contributed by atoms with Gasteiger partial charge in [0.15, 0.2) is 0 Å². The Bertz CT molecular complexity index is 751. The van der Waals surface area contributed by atoms with Gasteiger partial charge >= 0.3 is 0 Å². The van der Waals surface area contributed by atoms with Crippen molar-refractivity contribution in [2.24, 2.45) is 0 Å². The Kier molecular flexibility index (Phi) is 4.76. The van der Waals surface area contributed by atoms with Gasteiger partial charge in [0.1, 0.15) is 0 Å². The predicted molar refractivity (Wildman–Crippen MR) is 92.7 cm³/mol. The Balaban J connectivity index is 2.58. The first-order valence-electron chi connectivity index (χ1n) is 5.26. The van der Waals surface area contributed by atoms with E-state index in [1.54, 1.807) is 24.3 Å². The number of rotatable bonds is 3. The second-order valence-electron chi connectivity index (χ2n) is 3.82. The summed E-state index contributed by atoms with van der Waals surface area (Å²) in [5, 5.41) is 0. The topological polar surface area (TPSA) is 68.3 Å². The smallest absolute Gasteiger partial charge is 0.207 e. The maximum atomic E-state index is 12.3. The van der Waals surface area contributed by atoms with Gasteiger partial charge in [0, 0.05) is 7.14 Å². The predicted octanol–water partition coefficient (Wildman–Crippen LogP) is 3.06. The van der Waals surface area contributed by atoms with Crippen molar-refractivity contribution in [2.75, 3.05) is 0 Å². The van der Waals surface area contributed by atoms with Crippen LogP contribution in [-0.2, 0) is 17.7 Å². The zero-order valence-electron chi connectivity index (χ0n) is 9.82. The van der Waals surface area contributed by atoms with Gasteiger partial charge in [-0.15, -0.1) is 0 Å². The summed E-state index contributed by atoms with van der Waals surface area (Å²) < 4.78 is 50.7. The highest BCUT2D eigenvalue weighted by atomic mass is 127. The fourth-order valence-electron chi connectivity index (χ4n) is 1.46. The first-order valence-corrected chi connectivity index (χ1v) is 10.9. The van der Waals surface area contributed by atoms with Gasteiger partial charge in [-0.3, -0.25) is 0 Å². The molecule has 0 fully saturated rings. The first-order chi connectivity index (χ1) is 9.25. The van der Waals surface area contributed by atoms with E-state index in [2.05, 4.69) is 0 Å². The van der Waals surface area contributed by atoms with E-state index in [9.17, 15) is 16.8 Å². The minimum absolute atomic E-state index is 0.225. The minimum atomic E-state index is -4.45. The van der Waals surface area contributed by atoms with Crippen LogP contribution in [0.2, 0.25) is 0 Å². The molecule has 20 heavy (non-hydrogen) atoms. The van der Waals surface area contributed by atoms with Gasteiger partial charge in [0.2, 0.25) is 0 Å². The lowest BCUT2D eigenvalue weighted by Gasteiger charge is -2.06. The highest BCUT2D eigenvalue weighted by Gasteiger charge is 2.33. The van der Waals surface area contributed by atoms with Crippen LogP contribution in [0.4, 0.5) is 0 Å². The van der Waals surface area contributed by atoms with Crippen LogP contribution in [0.15, 0.2) is 58.3 Å². The van der Waals surface area contributed by atoms with E-state index >= 15 is 0 Å². The van der Waals surface area contributed by atoms with Gasteiger partial charge in [-0.1, -0.05) is 0 Å². The summed E-state index contributed by atoms with van der Waals surface area (Å²) >= 11 is 4.03. The van der Waals surface area contributed by atoms with Gasteiger partial charge in [0.25, 0.3) is 17.7 Å². The third kappa shape index (κ3) is 3.02. The quantitative estimate of drug-likeness (QED) is 0.449. The Morgan fingerprint density at radius 1 is 0.550 bits per heavy atom. The summed E-state index contributed by atoms with van der Waals surface area (Å²) in [5.41, 5.74) is 0. The molecule has 8 heteroatoms. The van der Waals surface area contributed by atoms with Crippen molar-refractivity contribution in [3.8, 4) is 0 Å². The van der Waals surface area contributed by atoms with Gasteiger partial charge in [-0.05, 0) is 93.7 Å². The van der Waals surface area contributed by atoms with Gasteiger partial charge in [0.05, 0.1) is 9.79 Å². The molecule has 0 N–H and O–H groups in total. The molecule has 0 aliphatic carbocycles. The Labute approximate surface area is 144 Å². The van der Waals surface area contributed by atoms with Crippen molar-refractivity contribution in [1.82, 2.24) is 0 Å². The van der Waals surface area contributed by atoms with Crippen LogP contribution in [0.25, 0.3) is 0 Å². The van der Waals surface area contributed by atoms with Crippen molar-refractivity contribution in [1.29, 1.82) is 0 Å². The highest BCUT2D eigenvalue weighted by Crippen LogP contribution is 2.25. The molecular formula is C12H8I2O4S2. The molecule has 2 aromatic rings. The van der Waals surface area contributed by atoms with Crippen LogP contribution < -0.4 is 0 Å². The molecule has 0 heterocycles. The molecule has 0 aliphatic rings.